The van der Waals surface area contributed by atoms with Crippen molar-refractivity contribution in [2.24, 2.45) is 0 Å². The minimum absolute atomic E-state index is 0.109. The monoisotopic (exact) mass is 249 g/mol. The van der Waals surface area contributed by atoms with Gasteiger partial charge in [-0.3, -0.25) is 9.69 Å². The van der Waals surface area contributed by atoms with Gasteiger partial charge in [0.15, 0.2) is 5.78 Å². The molecule has 0 heterocycles. The molecule has 100 valence electrons. The van der Waals surface area contributed by atoms with Crippen LogP contribution in [0.3, 0.4) is 0 Å². The van der Waals surface area contributed by atoms with Crippen LogP contribution < -0.4 is 4.74 Å². The van der Waals surface area contributed by atoms with E-state index in [2.05, 4.69) is 18.7 Å². The van der Waals surface area contributed by atoms with Gasteiger partial charge in [0, 0.05) is 6.04 Å². The lowest BCUT2D eigenvalue weighted by Gasteiger charge is -2.23. The maximum Gasteiger partial charge on any atom is 0.180 e. The third-order valence-electron chi connectivity index (χ3n) is 3.26. The third kappa shape index (κ3) is 3.84. The van der Waals surface area contributed by atoms with Crippen molar-refractivity contribution in [3.8, 4) is 5.75 Å². The molecule has 1 aromatic rings. The molecule has 0 N–H and O–H groups in total. The van der Waals surface area contributed by atoms with E-state index in [0.29, 0.717) is 23.9 Å². The van der Waals surface area contributed by atoms with Gasteiger partial charge in [-0.25, -0.2) is 0 Å². The predicted octanol–water partition coefficient (Wildman–Crippen LogP) is 3.00. The van der Waals surface area contributed by atoms with Crippen LogP contribution in [0.15, 0.2) is 24.3 Å². The van der Waals surface area contributed by atoms with Crippen LogP contribution in [0, 0.1) is 0 Å². The van der Waals surface area contributed by atoms with E-state index in [-0.39, 0.29) is 5.78 Å². The second kappa shape index (κ2) is 7.17. The van der Waals surface area contributed by atoms with Crippen molar-refractivity contribution in [2.75, 3.05) is 20.7 Å². The van der Waals surface area contributed by atoms with Crippen LogP contribution in [0.2, 0.25) is 0 Å². The Bertz CT molecular complexity index is 390. The second-order valence-electron chi connectivity index (χ2n) is 4.68. The molecular weight excluding hydrogens is 226 g/mol. The molecule has 0 fully saturated rings. The van der Waals surface area contributed by atoms with Crippen molar-refractivity contribution in [1.29, 1.82) is 0 Å². The molecule has 0 bridgehead atoms. The molecule has 0 radical (unpaired) electrons. The van der Waals surface area contributed by atoms with E-state index in [1.807, 2.05) is 31.3 Å². The highest BCUT2D eigenvalue weighted by atomic mass is 16.5. The van der Waals surface area contributed by atoms with Gasteiger partial charge in [0.2, 0.25) is 0 Å². The van der Waals surface area contributed by atoms with E-state index < -0.39 is 0 Å². The van der Waals surface area contributed by atoms with Gasteiger partial charge in [-0.2, -0.15) is 0 Å². The number of hydrogen-bond acceptors (Lipinski definition) is 3. The Morgan fingerprint density at radius 2 is 2.06 bits per heavy atom. The van der Waals surface area contributed by atoms with Crippen LogP contribution in [-0.4, -0.2) is 37.4 Å². The molecule has 3 heteroatoms. The average Bonchev–Trinajstić information content (AvgIpc) is 2.38. The molecule has 0 saturated carbocycles. The maximum absolute atomic E-state index is 12.2. The van der Waals surface area contributed by atoms with Crippen LogP contribution in [0.1, 0.15) is 37.0 Å². The number of para-hydroxylation sites is 1. The van der Waals surface area contributed by atoms with Crippen molar-refractivity contribution >= 4 is 5.78 Å². The van der Waals surface area contributed by atoms with Gasteiger partial charge < -0.3 is 4.74 Å². The number of rotatable bonds is 7. The second-order valence-corrected chi connectivity index (χ2v) is 4.68. The lowest BCUT2D eigenvalue weighted by Crippen LogP contribution is -2.33. The number of carbonyl (C=O) groups excluding carboxylic acids is 1. The highest BCUT2D eigenvalue weighted by Gasteiger charge is 2.16. The first-order valence-electron chi connectivity index (χ1n) is 6.46. The normalized spacial score (nSPS) is 12.5. The van der Waals surface area contributed by atoms with E-state index in [1.165, 1.54) is 0 Å². The van der Waals surface area contributed by atoms with Gasteiger partial charge >= 0.3 is 0 Å². The molecule has 0 spiro atoms. The summed E-state index contributed by atoms with van der Waals surface area (Å²) in [6, 6.07) is 7.81. The Kier molecular flexibility index (Phi) is 5.86. The van der Waals surface area contributed by atoms with Crippen LogP contribution in [0.25, 0.3) is 0 Å². The minimum Gasteiger partial charge on any atom is -0.496 e. The van der Waals surface area contributed by atoms with E-state index >= 15 is 0 Å². The van der Waals surface area contributed by atoms with Crippen molar-refractivity contribution in [1.82, 2.24) is 4.90 Å². The SMILES string of the molecule is CCCC(C)N(C)CC(=O)c1ccccc1OC. The molecule has 0 aliphatic rings. The molecule has 0 aromatic heterocycles. The number of methoxy groups -OCH3 is 1. The molecule has 18 heavy (non-hydrogen) atoms. The highest BCUT2D eigenvalue weighted by Crippen LogP contribution is 2.18. The summed E-state index contributed by atoms with van der Waals surface area (Å²) >= 11 is 0. The van der Waals surface area contributed by atoms with Gasteiger partial charge in [0.25, 0.3) is 0 Å². The summed E-state index contributed by atoms with van der Waals surface area (Å²) in [5, 5.41) is 0. The van der Waals surface area contributed by atoms with Gasteiger partial charge in [0.1, 0.15) is 5.75 Å². The zero-order valence-electron chi connectivity index (χ0n) is 11.8. The van der Waals surface area contributed by atoms with E-state index in [9.17, 15) is 4.79 Å². The molecule has 1 aromatic carbocycles. The summed E-state index contributed by atoms with van der Waals surface area (Å²) < 4.78 is 5.22. The number of benzene rings is 1. The molecule has 0 aliphatic carbocycles. The zero-order valence-corrected chi connectivity index (χ0v) is 11.8. The number of ether oxygens (including phenoxy) is 1. The number of Topliss-reactive ketones (excluding diaryl/α,β-unsaturated/α-hetero) is 1. The Morgan fingerprint density at radius 1 is 1.39 bits per heavy atom. The Morgan fingerprint density at radius 3 is 2.67 bits per heavy atom. The number of ketones is 1. The summed E-state index contributed by atoms with van der Waals surface area (Å²) in [6.07, 6.45) is 2.24. The fraction of sp³-hybridized carbons (Fsp3) is 0.533. The first-order valence-corrected chi connectivity index (χ1v) is 6.46. The molecule has 1 atom stereocenters. The van der Waals surface area contributed by atoms with Gasteiger partial charge in [-0.15, -0.1) is 0 Å². The standard InChI is InChI=1S/C15H23NO2/c1-5-8-12(2)16(3)11-14(17)13-9-6-7-10-15(13)18-4/h6-7,9-10,12H,5,8,11H2,1-4H3. The minimum atomic E-state index is 0.109. The van der Waals surface area contributed by atoms with Gasteiger partial charge in [-0.1, -0.05) is 25.5 Å². The van der Waals surface area contributed by atoms with E-state index in [4.69, 9.17) is 4.74 Å². The topological polar surface area (TPSA) is 29.5 Å². The molecular formula is C15H23NO2. The third-order valence-corrected chi connectivity index (χ3v) is 3.26. The number of nitrogens with zero attached hydrogens (tertiary/aromatic N) is 1. The summed E-state index contributed by atoms with van der Waals surface area (Å²) in [5.74, 6) is 0.761. The van der Waals surface area contributed by atoms with Gasteiger partial charge in [0.05, 0.1) is 19.2 Å². The first-order chi connectivity index (χ1) is 8.60. The van der Waals surface area contributed by atoms with Gasteiger partial charge in [-0.05, 0) is 32.5 Å². The predicted molar refractivity (Wildman–Crippen MR) is 74.3 cm³/mol. The van der Waals surface area contributed by atoms with Crippen molar-refractivity contribution in [3.63, 3.8) is 0 Å². The molecule has 1 rings (SSSR count). The highest BCUT2D eigenvalue weighted by molar-refractivity contribution is 6.00. The molecule has 0 amide bonds. The smallest absolute Gasteiger partial charge is 0.180 e. The lowest BCUT2D eigenvalue weighted by atomic mass is 10.1. The number of hydrogen-bond donors (Lipinski definition) is 0. The summed E-state index contributed by atoms with van der Waals surface area (Å²) in [6.45, 7) is 4.74. The summed E-state index contributed by atoms with van der Waals surface area (Å²) in [5.41, 5.74) is 0.663. The van der Waals surface area contributed by atoms with E-state index in [0.717, 1.165) is 12.8 Å². The Labute approximate surface area is 110 Å². The van der Waals surface area contributed by atoms with E-state index in [1.54, 1.807) is 7.11 Å². The first kappa shape index (κ1) is 14.7. The van der Waals surface area contributed by atoms with Crippen LogP contribution in [-0.2, 0) is 0 Å². The summed E-state index contributed by atoms with van der Waals surface area (Å²) in [4.78, 5) is 14.3. The fourth-order valence-electron chi connectivity index (χ4n) is 1.98. The number of carbonyl (C=O) groups is 1. The zero-order chi connectivity index (χ0) is 13.5. The Balaban J connectivity index is 2.70. The van der Waals surface area contributed by atoms with Crippen molar-refractivity contribution < 1.29 is 9.53 Å². The largest absolute Gasteiger partial charge is 0.496 e. The average molecular weight is 249 g/mol. The lowest BCUT2D eigenvalue weighted by molar-refractivity contribution is 0.0918. The Hall–Kier alpha value is -1.35. The number of likely N-dealkylation sites (N-methyl/N-ethyl adjacent to an activating group) is 1. The van der Waals surface area contributed by atoms with Crippen LogP contribution in [0.5, 0.6) is 5.75 Å². The molecule has 0 aliphatic heterocycles. The quantitative estimate of drug-likeness (QED) is 0.696. The summed E-state index contributed by atoms with van der Waals surface area (Å²) in [7, 11) is 3.59. The fourth-order valence-corrected chi connectivity index (χ4v) is 1.98. The molecule has 3 nitrogen and oxygen atoms in total. The van der Waals surface area contributed by atoms with Crippen LogP contribution in [0.4, 0.5) is 0 Å². The van der Waals surface area contributed by atoms with Crippen molar-refractivity contribution in [2.45, 2.75) is 32.7 Å². The molecule has 1 unspecified atom stereocenters. The van der Waals surface area contributed by atoms with Crippen molar-refractivity contribution in [3.05, 3.63) is 29.8 Å². The van der Waals surface area contributed by atoms with Crippen LogP contribution >= 0.6 is 0 Å². The maximum atomic E-state index is 12.2. The molecule has 0 saturated heterocycles.